The summed E-state index contributed by atoms with van der Waals surface area (Å²) in [5.74, 6) is 0.660. The maximum atomic E-state index is 4.44. The first-order chi connectivity index (χ1) is 9.38. The Balaban J connectivity index is 1.75. The summed E-state index contributed by atoms with van der Waals surface area (Å²) in [5, 5.41) is 3.52. The van der Waals surface area contributed by atoms with E-state index in [9.17, 15) is 0 Å². The number of likely N-dealkylation sites (tertiary alicyclic amines) is 1. The molecule has 2 atom stereocenters. The summed E-state index contributed by atoms with van der Waals surface area (Å²) in [4.78, 5) is 7.01. The van der Waals surface area contributed by atoms with E-state index in [1.54, 1.807) is 0 Å². The van der Waals surface area contributed by atoms with E-state index in [0.29, 0.717) is 12.0 Å². The Labute approximate surface area is 116 Å². The molecule has 3 rings (SSSR count). The third-order valence-corrected chi connectivity index (χ3v) is 4.73. The lowest BCUT2D eigenvalue weighted by atomic mass is 9.95. The van der Waals surface area contributed by atoms with Crippen molar-refractivity contribution in [2.24, 2.45) is 0 Å². The summed E-state index contributed by atoms with van der Waals surface area (Å²) < 4.78 is 2.47. The van der Waals surface area contributed by atoms with E-state index in [1.165, 1.54) is 57.6 Å². The van der Waals surface area contributed by atoms with Crippen LogP contribution < -0.4 is 5.32 Å². The van der Waals surface area contributed by atoms with Crippen LogP contribution in [-0.4, -0.2) is 47.2 Å². The molecular formula is C15H26N4. The second-order valence-corrected chi connectivity index (χ2v) is 5.96. The highest BCUT2D eigenvalue weighted by atomic mass is 15.2. The Morgan fingerprint density at radius 1 is 1.37 bits per heavy atom. The van der Waals surface area contributed by atoms with Crippen molar-refractivity contribution in [3.05, 3.63) is 18.2 Å². The van der Waals surface area contributed by atoms with Gasteiger partial charge in [-0.3, -0.25) is 0 Å². The van der Waals surface area contributed by atoms with Gasteiger partial charge in [-0.25, -0.2) is 4.98 Å². The lowest BCUT2D eigenvalue weighted by molar-refractivity contribution is 0.182. The minimum atomic E-state index is 0.633. The molecule has 3 heterocycles. The first-order valence-corrected chi connectivity index (χ1v) is 7.83. The van der Waals surface area contributed by atoms with Crippen molar-refractivity contribution in [1.29, 1.82) is 0 Å². The predicted octanol–water partition coefficient (Wildman–Crippen LogP) is 2.01. The van der Waals surface area contributed by atoms with Gasteiger partial charge in [0.1, 0.15) is 0 Å². The smallest absolute Gasteiger partial charge is 0.0951 e. The fraction of sp³-hybridized carbons (Fsp3) is 0.800. The molecule has 2 saturated heterocycles. The standard InChI is InChI=1S/C15H26N4/c1-2-18-8-4-6-14(11-18)19-12-17-10-15(19)13-5-3-7-16-9-13/h10,12-14,16H,2-9,11H2,1H3. The van der Waals surface area contributed by atoms with Crippen LogP contribution in [0.15, 0.2) is 12.5 Å². The Kier molecular flexibility index (Phi) is 4.18. The van der Waals surface area contributed by atoms with E-state index in [4.69, 9.17) is 0 Å². The van der Waals surface area contributed by atoms with Crippen LogP contribution in [0.1, 0.15) is 50.3 Å². The van der Waals surface area contributed by atoms with E-state index < -0.39 is 0 Å². The number of hydrogen-bond acceptors (Lipinski definition) is 3. The van der Waals surface area contributed by atoms with Crippen LogP contribution in [0, 0.1) is 0 Å². The van der Waals surface area contributed by atoms with Gasteiger partial charge in [0.25, 0.3) is 0 Å². The molecule has 106 valence electrons. The zero-order valence-electron chi connectivity index (χ0n) is 12.0. The maximum absolute atomic E-state index is 4.44. The second kappa shape index (κ2) is 6.06. The minimum absolute atomic E-state index is 0.633. The highest BCUT2D eigenvalue weighted by Crippen LogP contribution is 2.29. The van der Waals surface area contributed by atoms with Crippen LogP contribution in [-0.2, 0) is 0 Å². The molecule has 2 unspecified atom stereocenters. The van der Waals surface area contributed by atoms with Gasteiger partial charge in [-0.2, -0.15) is 0 Å². The first-order valence-electron chi connectivity index (χ1n) is 7.83. The summed E-state index contributed by atoms with van der Waals surface area (Å²) in [6.45, 7) is 8.20. The summed E-state index contributed by atoms with van der Waals surface area (Å²) in [6, 6.07) is 0.633. The molecule has 0 aromatic carbocycles. The Bertz CT molecular complexity index is 395. The van der Waals surface area contributed by atoms with E-state index in [2.05, 4.69) is 39.2 Å². The van der Waals surface area contributed by atoms with Gasteiger partial charge in [0.15, 0.2) is 0 Å². The van der Waals surface area contributed by atoms with Crippen molar-refractivity contribution < 1.29 is 0 Å². The summed E-state index contributed by atoms with van der Waals surface area (Å²) in [6.07, 6.45) is 9.39. The Hall–Kier alpha value is -0.870. The molecule has 2 fully saturated rings. The largest absolute Gasteiger partial charge is 0.330 e. The second-order valence-electron chi connectivity index (χ2n) is 5.96. The molecular weight excluding hydrogens is 236 g/mol. The lowest BCUT2D eigenvalue weighted by Gasteiger charge is -2.34. The lowest BCUT2D eigenvalue weighted by Crippen LogP contribution is -2.37. The van der Waals surface area contributed by atoms with Crippen molar-refractivity contribution in [1.82, 2.24) is 19.8 Å². The number of nitrogens with zero attached hydrogens (tertiary/aromatic N) is 3. The number of imidazole rings is 1. The zero-order chi connectivity index (χ0) is 13.1. The van der Waals surface area contributed by atoms with Crippen LogP contribution in [0.2, 0.25) is 0 Å². The van der Waals surface area contributed by atoms with E-state index in [1.807, 2.05) is 0 Å². The number of aromatic nitrogens is 2. The van der Waals surface area contributed by atoms with Crippen LogP contribution >= 0.6 is 0 Å². The molecule has 1 N–H and O–H groups in total. The van der Waals surface area contributed by atoms with Gasteiger partial charge in [-0.05, 0) is 45.3 Å². The number of piperidine rings is 2. The highest BCUT2D eigenvalue weighted by Gasteiger charge is 2.25. The molecule has 1 aromatic heterocycles. The third kappa shape index (κ3) is 2.84. The summed E-state index contributed by atoms with van der Waals surface area (Å²) >= 11 is 0. The quantitative estimate of drug-likeness (QED) is 0.904. The monoisotopic (exact) mass is 262 g/mol. The molecule has 1 aromatic rings. The Morgan fingerprint density at radius 3 is 3.11 bits per heavy atom. The van der Waals surface area contributed by atoms with Gasteiger partial charge in [0.05, 0.1) is 6.33 Å². The van der Waals surface area contributed by atoms with Crippen LogP contribution in [0.4, 0.5) is 0 Å². The van der Waals surface area contributed by atoms with Crippen molar-refractivity contribution in [3.63, 3.8) is 0 Å². The van der Waals surface area contributed by atoms with Crippen LogP contribution in [0.3, 0.4) is 0 Å². The van der Waals surface area contributed by atoms with E-state index in [-0.39, 0.29) is 0 Å². The number of likely N-dealkylation sites (N-methyl/N-ethyl adjacent to an activating group) is 1. The van der Waals surface area contributed by atoms with E-state index in [0.717, 1.165) is 6.54 Å². The normalized spacial score (nSPS) is 29.5. The minimum Gasteiger partial charge on any atom is -0.330 e. The van der Waals surface area contributed by atoms with Gasteiger partial charge in [-0.1, -0.05) is 6.92 Å². The first kappa shape index (κ1) is 13.1. The molecule has 2 aliphatic rings. The topological polar surface area (TPSA) is 33.1 Å². The highest BCUT2D eigenvalue weighted by molar-refractivity contribution is 5.10. The molecule has 4 heteroatoms. The average Bonchev–Trinajstić information content (AvgIpc) is 2.98. The van der Waals surface area contributed by atoms with Crippen LogP contribution in [0.25, 0.3) is 0 Å². The average molecular weight is 262 g/mol. The summed E-state index contributed by atoms with van der Waals surface area (Å²) in [7, 11) is 0. The number of hydrogen-bond donors (Lipinski definition) is 1. The predicted molar refractivity (Wildman–Crippen MR) is 77.5 cm³/mol. The molecule has 0 spiro atoms. The van der Waals surface area contributed by atoms with Crippen molar-refractivity contribution in [2.45, 2.75) is 44.6 Å². The van der Waals surface area contributed by atoms with Gasteiger partial charge in [0.2, 0.25) is 0 Å². The maximum Gasteiger partial charge on any atom is 0.0951 e. The fourth-order valence-corrected chi connectivity index (χ4v) is 3.59. The molecule has 0 saturated carbocycles. The summed E-state index contributed by atoms with van der Waals surface area (Å²) in [5.41, 5.74) is 1.45. The SMILES string of the molecule is CCN1CCCC(n2cncc2C2CCCNC2)C1. The zero-order valence-corrected chi connectivity index (χ0v) is 12.0. The molecule has 0 radical (unpaired) electrons. The van der Waals surface area contributed by atoms with Crippen molar-refractivity contribution in [3.8, 4) is 0 Å². The van der Waals surface area contributed by atoms with Gasteiger partial charge in [-0.15, -0.1) is 0 Å². The van der Waals surface area contributed by atoms with Crippen molar-refractivity contribution in [2.75, 3.05) is 32.7 Å². The molecule has 0 aliphatic carbocycles. The van der Waals surface area contributed by atoms with Crippen molar-refractivity contribution >= 4 is 0 Å². The third-order valence-electron chi connectivity index (χ3n) is 4.73. The molecule has 2 aliphatic heterocycles. The van der Waals surface area contributed by atoms with Crippen LogP contribution in [0.5, 0.6) is 0 Å². The molecule has 0 bridgehead atoms. The molecule has 0 amide bonds. The number of rotatable bonds is 3. The molecule has 4 nitrogen and oxygen atoms in total. The van der Waals surface area contributed by atoms with Gasteiger partial charge >= 0.3 is 0 Å². The molecule has 19 heavy (non-hydrogen) atoms. The van der Waals surface area contributed by atoms with Gasteiger partial charge in [0, 0.05) is 36.9 Å². The number of nitrogens with one attached hydrogen (secondary N) is 1. The Morgan fingerprint density at radius 2 is 2.32 bits per heavy atom. The van der Waals surface area contributed by atoms with Gasteiger partial charge < -0.3 is 14.8 Å². The van der Waals surface area contributed by atoms with E-state index >= 15 is 0 Å². The fourth-order valence-electron chi connectivity index (χ4n) is 3.59.